The molecule has 0 aromatic heterocycles. The predicted octanol–water partition coefficient (Wildman–Crippen LogP) is 0.777. The Hall–Kier alpha value is -1.38. The number of carbonyl (C=O) groups excluding carboxylic acids is 2. The molecule has 128 valence electrons. The average Bonchev–Trinajstić information content (AvgIpc) is 2.53. The number of hydrogen-bond donors (Lipinski definition) is 1. The van der Waals surface area contributed by atoms with Crippen LogP contribution in [0.2, 0.25) is 6.04 Å². The number of rotatable bonds is 12. The van der Waals surface area contributed by atoms with E-state index in [2.05, 4.69) is 5.32 Å². The van der Waals surface area contributed by atoms with Crippen molar-refractivity contribution in [2.75, 3.05) is 40.1 Å². The summed E-state index contributed by atoms with van der Waals surface area (Å²) in [5, 5.41) is 2.49. The number of nitrogens with one attached hydrogen (secondary N) is 1. The normalized spacial score (nSPS) is 11.7. The first-order chi connectivity index (χ1) is 10.6. The fourth-order valence-corrected chi connectivity index (χ4v) is 2.02. The Morgan fingerprint density at radius 1 is 1.14 bits per heavy atom. The Labute approximate surface area is 134 Å². The third-order valence-corrected chi connectivity index (χ3v) is 3.90. The molecule has 1 N–H and O–H groups in total. The van der Waals surface area contributed by atoms with E-state index in [1.165, 1.54) is 0 Å². The van der Waals surface area contributed by atoms with Crippen LogP contribution in [0.1, 0.15) is 20.3 Å². The predicted molar refractivity (Wildman–Crippen MR) is 85.5 cm³/mol. The standard InChI is InChI=1S/C14H27NO6Si/c1-4-12(2)13(16)20-8-6-15-14(17)21-10-9-19-7-5-11-22-18-3/h4H,5-11,22H2,1-3H3,(H,15,17)/b12-4-. The molecule has 0 heterocycles. The van der Waals surface area contributed by atoms with Crippen molar-refractivity contribution < 1.29 is 28.2 Å². The molecule has 0 bridgehead atoms. The summed E-state index contributed by atoms with van der Waals surface area (Å²) < 4.78 is 20.2. The highest BCUT2D eigenvalue weighted by Crippen LogP contribution is 1.95. The van der Waals surface area contributed by atoms with E-state index in [0.29, 0.717) is 18.8 Å². The van der Waals surface area contributed by atoms with Gasteiger partial charge in [-0.1, -0.05) is 6.08 Å². The number of hydrogen-bond acceptors (Lipinski definition) is 6. The summed E-state index contributed by atoms with van der Waals surface area (Å²) in [5.41, 5.74) is 0.535. The third-order valence-electron chi connectivity index (χ3n) is 2.71. The molecule has 0 saturated carbocycles. The largest absolute Gasteiger partial charge is 0.460 e. The second-order valence-corrected chi connectivity index (χ2v) is 6.18. The SMILES string of the molecule is C/C=C(/C)C(=O)OCCNC(=O)OCCOCCC[SiH2]OC. The summed E-state index contributed by atoms with van der Waals surface area (Å²) >= 11 is 0. The van der Waals surface area contributed by atoms with Crippen LogP contribution in [0, 0.1) is 0 Å². The molecule has 0 aliphatic carbocycles. The van der Waals surface area contributed by atoms with Crippen LogP contribution < -0.4 is 5.32 Å². The van der Waals surface area contributed by atoms with Gasteiger partial charge in [0.05, 0.1) is 13.2 Å². The van der Waals surface area contributed by atoms with Crippen LogP contribution in [0.25, 0.3) is 0 Å². The lowest BCUT2D eigenvalue weighted by molar-refractivity contribution is -0.138. The van der Waals surface area contributed by atoms with Gasteiger partial charge in [-0.3, -0.25) is 0 Å². The van der Waals surface area contributed by atoms with E-state index < -0.39 is 6.09 Å². The highest BCUT2D eigenvalue weighted by molar-refractivity contribution is 6.26. The zero-order chi connectivity index (χ0) is 16.6. The van der Waals surface area contributed by atoms with Crippen molar-refractivity contribution in [1.29, 1.82) is 0 Å². The smallest absolute Gasteiger partial charge is 0.407 e. The van der Waals surface area contributed by atoms with Gasteiger partial charge in [-0.05, 0) is 26.3 Å². The monoisotopic (exact) mass is 333 g/mol. The molecule has 0 radical (unpaired) electrons. The summed E-state index contributed by atoms with van der Waals surface area (Å²) in [6.07, 6.45) is 2.10. The van der Waals surface area contributed by atoms with E-state index in [-0.39, 0.29) is 35.5 Å². The van der Waals surface area contributed by atoms with Gasteiger partial charge in [0.25, 0.3) is 0 Å². The topological polar surface area (TPSA) is 83.1 Å². The number of alkyl carbamates (subject to hydrolysis) is 1. The average molecular weight is 333 g/mol. The van der Waals surface area contributed by atoms with Gasteiger partial charge in [0, 0.05) is 19.3 Å². The summed E-state index contributed by atoms with van der Waals surface area (Å²) in [6.45, 7) is 4.97. The zero-order valence-corrected chi connectivity index (χ0v) is 15.1. The Bertz CT molecular complexity index is 348. The van der Waals surface area contributed by atoms with Gasteiger partial charge < -0.3 is 24.0 Å². The van der Waals surface area contributed by atoms with E-state index in [1.807, 2.05) is 0 Å². The minimum atomic E-state index is -0.547. The van der Waals surface area contributed by atoms with Crippen LogP contribution in [0.4, 0.5) is 4.79 Å². The van der Waals surface area contributed by atoms with Crippen molar-refractivity contribution in [3.05, 3.63) is 11.6 Å². The van der Waals surface area contributed by atoms with Crippen LogP contribution in [0.3, 0.4) is 0 Å². The van der Waals surface area contributed by atoms with Crippen LogP contribution in [-0.2, 0) is 23.4 Å². The van der Waals surface area contributed by atoms with Crippen LogP contribution in [0.15, 0.2) is 11.6 Å². The number of ether oxygens (including phenoxy) is 3. The van der Waals surface area contributed by atoms with Crippen molar-refractivity contribution in [2.24, 2.45) is 0 Å². The van der Waals surface area contributed by atoms with E-state index >= 15 is 0 Å². The van der Waals surface area contributed by atoms with Crippen molar-refractivity contribution in [3.8, 4) is 0 Å². The molecule has 0 aliphatic heterocycles. The fraction of sp³-hybridized carbons (Fsp3) is 0.714. The molecular weight excluding hydrogens is 306 g/mol. The van der Waals surface area contributed by atoms with Gasteiger partial charge in [0.1, 0.15) is 13.2 Å². The van der Waals surface area contributed by atoms with Gasteiger partial charge >= 0.3 is 12.1 Å². The van der Waals surface area contributed by atoms with Gasteiger partial charge in [-0.2, -0.15) is 0 Å². The van der Waals surface area contributed by atoms with Crippen LogP contribution in [-0.4, -0.2) is 61.9 Å². The summed E-state index contributed by atoms with van der Waals surface area (Å²) in [5.74, 6) is -0.386. The molecule has 0 saturated heterocycles. The summed E-state index contributed by atoms with van der Waals surface area (Å²) in [7, 11) is 1.35. The van der Waals surface area contributed by atoms with Crippen molar-refractivity contribution in [2.45, 2.75) is 26.3 Å². The zero-order valence-electron chi connectivity index (χ0n) is 13.7. The maximum absolute atomic E-state index is 11.3. The highest BCUT2D eigenvalue weighted by Gasteiger charge is 2.05. The minimum absolute atomic E-state index is 0.110. The van der Waals surface area contributed by atoms with Crippen molar-refractivity contribution >= 4 is 21.8 Å². The van der Waals surface area contributed by atoms with Gasteiger partial charge in [-0.25, -0.2) is 9.59 Å². The highest BCUT2D eigenvalue weighted by atomic mass is 28.2. The lowest BCUT2D eigenvalue weighted by Crippen LogP contribution is -2.29. The molecule has 1 amide bonds. The summed E-state index contributed by atoms with van der Waals surface area (Å²) in [4.78, 5) is 22.6. The molecular formula is C14H27NO6Si. The molecule has 0 fully saturated rings. The molecule has 8 heteroatoms. The first-order valence-electron chi connectivity index (χ1n) is 7.39. The Morgan fingerprint density at radius 2 is 1.91 bits per heavy atom. The van der Waals surface area contributed by atoms with E-state index in [0.717, 1.165) is 12.5 Å². The lowest BCUT2D eigenvalue weighted by Gasteiger charge is -2.08. The molecule has 7 nitrogen and oxygen atoms in total. The first-order valence-corrected chi connectivity index (χ1v) is 8.97. The number of carbonyl (C=O) groups is 2. The maximum Gasteiger partial charge on any atom is 0.407 e. The second-order valence-electron chi connectivity index (χ2n) is 4.48. The second kappa shape index (κ2) is 14.5. The maximum atomic E-state index is 11.3. The van der Waals surface area contributed by atoms with E-state index in [9.17, 15) is 9.59 Å². The molecule has 0 aromatic rings. The Morgan fingerprint density at radius 3 is 2.59 bits per heavy atom. The van der Waals surface area contributed by atoms with E-state index in [4.69, 9.17) is 18.6 Å². The molecule has 0 rings (SSSR count). The molecule has 0 aromatic carbocycles. The Balaban J connectivity index is 3.38. The van der Waals surface area contributed by atoms with Gasteiger partial charge in [0.2, 0.25) is 0 Å². The van der Waals surface area contributed by atoms with Crippen molar-refractivity contribution in [3.63, 3.8) is 0 Å². The molecule has 0 spiro atoms. The first kappa shape index (κ1) is 20.6. The fourth-order valence-electron chi connectivity index (χ4n) is 1.33. The van der Waals surface area contributed by atoms with E-state index in [1.54, 1.807) is 27.0 Å². The number of amides is 1. The number of allylic oxidation sites excluding steroid dienone is 1. The van der Waals surface area contributed by atoms with Gasteiger partial charge in [-0.15, -0.1) is 0 Å². The quantitative estimate of drug-likeness (QED) is 0.246. The Kier molecular flexibility index (Phi) is 13.6. The molecule has 0 atom stereocenters. The van der Waals surface area contributed by atoms with Crippen molar-refractivity contribution in [1.82, 2.24) is 5.32 Å². The van der Waals surface area contributed by atoms with Crippen LogP contribution in [0.5, 0.6) is 0 Å². The molecule has 0 unspecified atom stereocenters. The lowest BCUT2D eigenvalue weighted by atomic mass is 10.3. The van der Waals surface area contributed by atoms with Gasteiger partial charge in [0.15, 0.2) is 9.76 Å². The molecule has 0 aliphatic rings. The minimum Gasteiger partial charge on any atom is -0.460 e. The van der Waals surface area contributed by atoms with Crippen LogP contribution >= 0.6 is 0 Å². The third kappa shape index (κ3) is 12.4. The molecule has 22 heavy (non-hydrogen) atoms. The number of esters is 1. The summed E-state index contributed by atoms with van der Waals surface area (Å²) in [6, 6.07) is 1.09.